The zero-order valence-electron chi connectivity index (χ0n) is 11.3. The van der Waals surface area contributed by atoms with E-state index < -0.39 is 0 Å². The van der Waals surface area contributed by atoms with Gasteiger partial charge in [-0.25, -0.2) is 0 Å². The average molecular weight is 300 g/mol. The van der Waals surface area contributed by atoms with Gasteiger partial charge in [0.25, 0.3) is 0 Å². The van der Waals surface area contributed by atoms with Gasteiger partial charge in [-0.3, -0.25) is 4.98 Å². The number of hydrogen-bond acceptors (Lipinski definition) is 4. The summed E-state index contributed by atoms with van der Waals surface area (Å²) in [6.45, 7) is 3.81. The Kier molecular flexibility index (Phi) is 4.25. The molecule has 3 aromatic rings. The van der Waals surface area contributed by atoms with E-state index in [0.717, 1.165) is 18.8 Å². The summed E-state index contributed by atoms with van der Waals surface area (Å²) in [6, 6.07) is 10.6. The van der Waals surface area contributed by atoms with Crippen LogP contribution in [0.5, 0.6) is 0 Å². The van der Waals surface area contributed by atoms with Crippen molar-refractivity contribution in [2.24, 2.45) is 0 Å². The number of pyridine rings is 1. The molecule has 0 fully saturated rings. The summed E-state index contributed by atoms with van der Waals surface area (Å²) in [7, 11) is 0. The molecule has 3 rings (SSSR count). The van der Waals surface area contributed by atoms with Crippen LogP contribution in [-0.2, 0) is 13.1 Å². The highest BCUT2D eigenvalue weighted by atomic mass is 32.1. The highest BCUT2D eigenvalue weighted by Crippen LogP contribution is 2.29. The van der Waals surface area contributed by atoms with Crippen molar-refractivity contribution in [3.05, 3.63) is 63.4 Å². The number of hydrogen-bond donors (Lipinski definition) is 1. The number of aromatic nitrogens is 1. The van der Waals surface area contributed by atoms with Gasteiger partial charge in [-0.2, -0.15) is 0 Å². The smallest absolute Gasteiger partial charge is 0.0570 e. The molecule has 20 heavy (non-hydrogen) atoms. The van der Waals surface area contributed by atoms with Crippen LogP contribution in [-0.4, -0.2) is 4.98 Å². The third-order valence-electron chi connectivity index (χ3n) is 3.17. The molecule has 0 aromatic carbocycles. The molecule has 0 saturated carbocycles. The average Bonchev–Trinajstić information content (AvgIpc) is 3.11. The molecule has 0 unspecified atom stereocenters. The lowest BCUT2D eigenvalue weighted by atomic mass is 10.2. The maximum absolute atomic E-state index is 4.40. The van der Waals surface area contributed by atoms with Crippen molar-refractivity contribution in [1.29, 1.82) is 0 Å². The molecule has 0 spiro atoms. The van der Waals surface area contributed by atoms with Crippen LogP contribution in [0.4, 0.5) is 0 Å². The molecular formula is C16H16N2S2. The van der Waals surface area contributed by atoms with Crippen LogP contribution in [0.25, 0.3) is 10.4 Å². The fraction of sp³-hybridized carbons (Fsp3) is 0.188. The van der Waals surface area contributed by atoms with E-state index >= 15 is 0 Å². The predicted molar refractivity (Wildman–Crippen MR) is 87.1 cm³/mol. The molecule has 3 heterocycles. The first-order valence-electron chi connectivity index (χ1n) is 6.55. The fourth-order valence-corrected chi connectivity index (χ4v) is 3.70. The minimum Gasteiger partial charge on any atom is -0.306 e. The van der Waals surface area contributed by atoms with Crippen LogP contribution in [0.15, 0.2) is 47.3 Å². The molecule has 0 bridgehead atoms. The SMILES string of the molecule is Cc1cccnc1CNCc1cc(-c2cccs2)cs1. The molecule has 1 N–H and O–H groups in total. The van der Waals surface area contributed by atoms with Crippen molar-refractivity contribution in [1.82, 2.24) is 10.3 Å². The lowest BCUT2D eigenvalue weighted by Crippen LogP contribution is -2.13. The summed E-state index contributed by atoms with van der Waals surface area (Å²) in [5.74, 6) is 0. The highest BCUT2D eigenvalue weighted by molar-refractivity contribution is 7.14. The third-order valence-corrected chi connectivity index (χ3v) is 5.02. The van der Waals surface area contributed by atoms with Crippen LogP contribution in [0.2, 0.25) is 0 Å². The first-order chi connectivity index (χ1) is 9.83. The van der Waals surface area contributed by atoms with E-state index in [0.29, 0.717) is 0 Å². The van der Waals surface area contributed by atoms with Crippen LogP contribution >= 0.6 is 22.7 Å². The molecule has 3 aromatic heterocycles. The van der Waals surface area contributed by atoms with Gasteiger partial charge in [0, 0.05) is 34.6 Å². The van der Waals surface area contributed by atoms with Crippen molar-refractivity contribution in [2.75, 3.05) is 0 Å². The molecule has 102 valence electrons. The summed E-state index contributed by atoms with van der Waals surface area (Å²) in [5.41, 5.74) is 3.70. The largest absolute Gasteiger partial charge is 0.306 e. The van der Waals surface area contributed by atoms with Gasteiger partial charge in [0.15, 0.2) is 0 Å². The van der Waals surface area contributed by atoms with Crippen molar-refractivity contribution in [3.63, 3.8) is 0 Å². The van der Waals surface area contributed by atoms with Crippen molar-refractivity contribution < 1.29 is 0 Å². The van der Waals surface area contributed by atoms with Crippen LogP contribution < -0.4 is 5.32 Å². The van der Waals surface area contributed by atoms with Crippen LogP contribution in [0, 0.1) is 6.92 Å². The molecule has 0 aliphatic heterocycles. The Morgan fingerprint density at radius 1 is 1.15 bits per heavy atom. The summed E-state index contributed by atoms with van der Waals surface area (Å²) in [6.07, 6.45) is 1.85. The van der Waals surface area contributed by atoms with Gasteiger partial charge >= 0.3 is 0 Å². The summed E-state index contributed by atoms with van der Waals surface area (Å²) in [5, 5.41) is 7.82. The molecule has 0 amide bonds. The number of nitrogens with zero attached hydrogens (tertiary/aromatic N) is 1. The van der Waals surface area contributed by atoms with Gasteiger partial charge in [0.2, 0.25) is 0 Å². The van der Waals surface area contributed by atoms with E-state index in [4.69, 9.17) is 0 Å². The lowest BCUT2D eigenvalue weighted by Gasteiger charge is -2.05. The van der Waals surface area contributed by atoms with Gasteiger partial charge in [-0.05, 0) is 41.4 Å². The number of thiophene rings is 2. The molecule has 0 aliphatic rings. The molecule has 0 saturated heterocycles. The zero-order valence-corrected chi connectivity index (χ0v) is 12.9. The minimum absolute atomic E-state index is 0.818. The summed E-state index contributed by atoms with van der Waals surface area (Å²) >= 11 is 3.60. The molecular weight excluding hydrogens is 284 g/mol. The molecule has 0 radical (unpaired) electrons. The van der Waals surface area contributed by atoms with Crippen LogP contribution in [0.3, 0.4) is 0 Å². The number of nitrogens with one attached hydrogen (secondary N) is 1. The Morgan fingerprint density at radius 2 is 2.10 bits per heavy atom. The van der Waals surface area contributed by atoms with E-state index in [9.17, 15) is 0 Å². The van der Waals surface area contributed by atoms with Crippen LogP contribution in [0.1, 0.15) is 16.1 Å². The van der Waals surface area contributed by atoms with Gasteiger partial charge in [0.1, 0.15) is 0 Å². The molecule has 2 nitrogen and oxygen atoms in total. The number of rotatable bonds is 5. The van der Waals surface area contributed by atoms with Crippen molar-refractivity contribution in [2.45, 2.75) is 20.0 Å². The summed E-state index contributed by atoms with van der Waals surface area (Å²) < 4.78 is 0. The second kappa shape index (κ2) is 6.31. The zero-order chi connectivity index (χ0) is 13.8. The highest BCUT2D eigenvalue weighted by Gasteiger charge is 2.04. The first-order valence-corrected chi connectivity index (χ1v) is 8.31. The van der Waals surface area contributed by atoms with Gasteiger partial charge in [0.05, 0.1) is 5.69 Å². The quantitative estimate of drug-likeness (QED) is 0.752. The monoisotopic (exact) mass is 300 g/mol. The Balaban J connectivity index is 1.58. The third kappa shape index (κ3) is 3.15. The Bertz CT molecular complexity index is 671. The standard InChI is InChI=1S/C16H16N2S2/c1-12-4-2-6-18-15(12)10-17-9-14-8-13(11-20-14)16-5-3-7-19-16/h2-8,11,17H,9-10H2,1H3. The molecule has 0 aliphatic carbocycles. The van der Waals surface area contributed by atoms with Gasteiger partial charge in [-0.15, -0.1) is 22.7 Å². The summed E-state index contributed by atoms with van der Waals surface area (Å²) in [4.78, 5) is 7.10. The topological polar surface area (TPSA) is 24.9 Å². The normalized spacial score (nSPS) is 10.8. The first kappa shape index (κ1) is 13.5. The minimum atomic E-state index is 0.818. The molecule has 4 heteroatoms. The maximum atomic E-state index is 4.40. The number of aryl methyl sites for hydroxylation is 1. The van der Waals surface area contributed by atoms with Crippen molar-refractivity contribution in [3.8, 4) is 10.4 Å². The van der Waals surface area contributed by atoms with E-state index in [1.54, 1.807) is 11.3 Å². The predicted octanol–water partition coefficient (Wildman–Crippen LogP) is 4.47. The Morgan fingerprint density at radius 3 is 2.90 bits per heavy atom. The van der Waals surface area contributed by atoms with Crippen molar-refractivity contribution >= 4 is 22.7 Å². The van der Waals surface area contributed by atoms with E-state index in [2.05, 4.69) is 52.3 Å². The second-order valence-corrected chi connectivity index (χ2v) is 6.59. The Hall–Kier alpha value is -1.49. The van der Waals surface area contributed by atoms with E-state index in [1.165, 1.54) is 20.9 Å². The lowest BCUT2D eigenvalue weighted by molar-refractivity contribution is 0.683. The second-order valence-electron chi connectivity index (χ2n) is 4.65. The Labute approximate surface area is 127 Å². The maximum Gasteiger partial charge on any atom is 0.0570 e. The van der Waals surface area contributed by atoms with Gasteiger partial charge in [-0.1, -0.05) is 12.1 Å². The van der Waals surface area contributed by atoms with E-state index in [-0.39, 0.29) is 0 Å². The van der Waals surface area contributed by atoms with Gasteiger partial charge < -0.3 is 5.32 Å². The fourth-order valence-electron chi connectivity index (χ4n) is 2.05. The molecule has 0 atom stereocenters. The van der Waals surface area contributed by atoms with E-state index in [1.807, 2.05) is 23.6 Å².